The first-order valence-corrected chi connectivity index (χ1v) is 6.75. The third kappa shape index (κ3) is 3.18. The highest BCUT2D eigenvalue weighted by atomic mass is 15.3. The molecule has 1 aliphatic heterocycles. The van der Waals surface area contributed by atoms with E-state index in [1.165, 1.54) is 58.3 Å². The van der Waals surface area contributed by atoms with Crippen molar-refractivity contribution in [3.05, 3.63) is 0 Å². The molecule has 2 heteroatoms. The number of nitrogens with zero attached hydrogens (tertiary/aromatic N) is 1. The van der Waals surface area contributed by atoms with Gasteiger partial charge in [0.1, 0.15) is 0 Å². The van der Waals surface area contributed by atoms with E-state index < -0.39 is 0 Å². The summed E-state index contributed by atoms with van der Waals surface area (Å²) in [6, 6.07) is 0. The minimum absolute atomic E-state index is 0.450. The molecule has 0 radical (unpaired) electrons. The Morgan fingerprint density at radius 2 is 1.87 bits per heavy atom. The summed E-state index contributed by atoms with van der Waals surface area (Å²) in [5.74, 6) is 0. The molecule has 2 nitrogen and oxygen atoms in total. The fourth-order valence-electron chi connectivity index (χ4n) is 2.73. The molecule has 0 aromatic carbocycles. The van der Waals surface area contributed by atoms with Crippen LogP contribution in [0.15, 0.2) is 0 Å². The molecule has 0 amide bonds. The molecule has 0 aliphatic carbocycles. The largest absolute Gasteiger partial charge is 0.314 e. The van der Waals surface area contributed by atoms with E-state index in [9.17, 15) is 0 Å². The number of hydrogen-bond donors (Lipinski definition) is 1. The van der Waals surface area contributed by atoms with Gasteiger partial charge in [-0.3, -0.25) is 4.90 Å². The molecule has 0 aromatic rings. The minimum Gasteiger partial charge on any atom is -0.314 e. The van der Waals surface area contributed by atoms with E-state index in [2.05, 4.69) is 31.0 Å². The molecule has 15 heavy (non-hydrogen) atoms. The molecule has 0 atom stereocenters. The maximum Gasteiger partial charge on any atom is 0.0329 e. The van der Waals surface area contributed by atoms with E-state index in [1.807, 2.05) is 0 Å². The second-order valence-corrected chi connectivity index (χ2v) is 4.80. The second kappa shape index (κ2) is 6.49. The van der Waals surface area contributed by atoms with E-state index in [0.29, 0.717) is 5.54 Å². The Labute approximate surface area is 95.4 Å². The standard InChI is InChI=1S/C13H28N2/c1-4-7-8-10-15-11-9-14-12-13(15,5-2)6-3/h14H,4-12H2,1-3H3. The van der Waals surface area contributed by atoms with E-state index in [0.717, 1.165) is 0 Å². The van der Waals surface area contributed by atoms with Gasteiger partial charge in [-0.1, -0.05) is 33.6 Å². The van der Waals surface area contributed by atoms with Gasteiger partial charge in [0, 0.05) is 25.2 Å². The molecule has 1 fully saturated rings. The number of hydrogen-bond acceptors (Lipinski definition) is 2. The van der Waals surface area contributed by atoms with Gasteiger partial charge in [-0.05, 0) is 25.8 Å². The van der Waals surface area contributed by atoms with Crippen LogP contribution in [0.25, 0.3) is 0 Å². The summed E-state index contributed by atoms with van der Waals surface area (Å²) in [5, 5.41) is 3.56. The lowest BCUT2D eigenvalue weighted by Crippen LogP contribution is -2.60. The Morgan fingerprint density at radius 1 is 1.13 bits per heavy atom. The Morgan fingerprint density at radius 3 is 2.47 bits per heavy atom. The van der Waals surface area contributed by atoms with Gasteiger partial charge in [0.15, 0.2) is 0 Å². The summed E-state index contributed by atoms with van der Waals surface area (Å²) in [7, 11) is 0. The normalized spacial score (nSPS) is 21.8. The summed E-state index contributed by atoms with van der Waals surface area (Å²) in [6.45, 7) is 11.9. The zero-order valence-corrected chi connectivity index (χ0v) is 10.8. The fourth-order valence-corrected chi connectivity index (χ4v) is 2.73. The molecule has 1 saturated heterocycles. The van der Waals surface area contributed by atoms with Gasteiger partial charge in [0.25, 0.3) is 0 Å². The molecule has 1 aliphatic rings. The number of rotatable bonds is 6. The molecule has 0 spiro atoms. The highest BCUT2D eigenvalue weighted by Gasteiger charge is 2.34. The second-order valence-electron chi connectivity index (χ2n) is 4.80. The van der Waals surface area contributed by atoms with Crippen molar-refractivity contribution >= 4 is 0 Å². The first kappa shape index (κ1) is 13.0. The van der Waals surface area contributed by atoms with Crippen LogP contribution in [0.1, 0.15) is 52.9 Å². The van der Waals surface area contributed by atoms with Gasteiger partial charge in [0.2, 0.25) is 0 Å². The number of nitrogens with one attached hydrogen (secondary N) is 1. The maximum absolute atomic E-state index is 3.56. The molecule has 90 valence electrons. The predicted octanol–water partition coefficient (Wildman–Crippen LogP) is 2.64. The monoisotopic (exact) mass is 212 g/mol. The zero-order valence-electron chi connectivity index (χ0n) is 10.8. The van der Waals surface area contributed by atoms with Crippen LogP contribution in [0.4, 0.5) is 0 Å². The topological polar surface area (TPSA) is 15.3 Å². The van der Waals surface area contributed by atoms with Crippen molar-refractivity contribution in [3.8, 4) is 0 Å². The first-order valence-electron chi connectivity index (χ1n) is 6.75. The fraction of sp³-hybridized carbons (Fsp3) is 1.00. The molecule has 0 unspecified atom stereocenters. The van der Waals surface area contributed by atoms with Crippen LogP contribution in [0.3, 0.4) is 0 Å². The van der Waals surface area contributed by atoms with Gasteiger partial charge < -0.3 is 5.32 Å². The summed E-state index contributed by atoms with van der Waals surface area (Å²) in [4.78, 5) is 2.74. The Bertz CT molecular complexity index is 164. The molecule has 0 aromatic heterocycles. The number of unbranched alkanes of at least 4 members (excludes halogenated alkanes) is 2. The van der Waals surface area contributed by atoms with E-state index in [1.54, 1.807) is 0 Å². The van der Waals surface area contributed by atoms with Crippen molar-refractivity contribution in [1.29, 1.82) is 0 Å². The third-order valence-corrected chi connectivity index (χ3v) is 4.03. The van der Waals surface area contributed by atoms with Crippen molar-refractivity contribution in [1.82, 2.24) is 10.2 Å². The summed E-state index contributed by atoms with van der Waals surface area (Å²) < 4.78 is 0. The molecular weight excluding hydrogens is 184 g/mol. The molecular formula is C13H28N2. The van der Waals surface area contributed by atoms with E-state index >= 15 is 0 Å². The van der Waals surface area contributed by atoms with Crippen molar-refractivity contribution in [2.75, 3.05) is 26.2 Å². The van der Waals surface area contributed by atoms with Gasteiger partial charge >= 0.3 is 0 Å². The maximum atomic E-state index is 3.56. The average molecular weight is 212 g/mol. The summed E-state index contributed by atoms with van der Waals surface area (Å²) in [5.41, 5.74) is 0.450. The van der Waals surface area contributed by atoms with Crippen LogP contribution in [0.2, 0.25) is 0 Å². The molecule has 0 bridgehead atoms. The van der Waals surface area contributed by atoms with Crippen molar-refractivity contribution in [3.63, 3.8) is 0 Å². The average Bonchev–Trinajstić information content (AvgIpc) is 2.30. The Hall–Kier alpha value is -0.0800. The van der Waals surface area contributed by atoms with Gasteiger partial charge in [-0.25, -0.2) is 0 Å². The summed E-state index contributed by atoms with van der Waals surface area (Å²) >= 11 is 0. The SMILES string of the molecule is CCCCCN1CCNCC1(CC)CC. The quantitative estimate of drug-likeness (QED) is 0.681. The Kier molecular flexibility index (Phi) is 5.62. The van der Waals surface area contributed by atoms with Crippen LogP contribution in [0, 0.1) is 0 Å². The predicted molar refractivity (Wildman–Crippen MR) is 67.3 cm³/mol. The lowest BCUT2D eigenvalue weighted by atomic mass is 9.88. The highest BCUT2D eigenvalue weighted by Crippen LogP contribution is 2.25. The summed E-state index contributed by atoms with van der Waals surface area (Å²) in [6.07, 6.45) is 6.65. The van der Waals surface area contributed by atoms with Crippen LogP contribution in [-0.4, -0.2) is 36.6 Å². The van der Waals surface area contributed by atoms with E-state index in [4.69, 9.17) is 0 Å². The van der Waals surface area contributed by atoms with Crippen molar-refractivity contribution < 1.29 is 0 Å². The first-order chi connectivity index (χ1) is 7.29. The van der Waals surface area contributed by atoms with Crippen LogP contribution in [0.5, 0.6) is 0 Å². The van der Waals surface area contributed by atoms with Crippen molar-refractivity contribution in [2.24, 2.45) is 0 Å². The van der Waals surface area contributed by atoms with Crippen molar-refractivity contribution in [2.45, 2.75) is 58.4 Å². The molecule has 1 rings (SSSR count). The van der Waals surface area contributed by atoms with Gasteiger partial charge in [-0.15, -0.1) is 0 Å². The van der Waals surface area contributed by atoms with Crippen LogP contribution < -0.4 is 5.32 Å². The lowest BCUT2D eigenvalue weighted by Gasteiger charge is -2.47. The molecule has 0 saturated carbocycles. The van der Waals surface area contributed by atoms with Gasteiger partial charge in [-0.2, -0.15) is 0 Å². The van der Waals surface area contributed by atoms with E-state index in [-0.39, 0.29) is 0 Å². The molecule has 1 heterocycles. The zero-order chi connectivity index (χ0) is 11.1. The Balaban J connectivity index is 2.48. The van der Waals surface area contributed by atoms with Crippen LogP contribution in [-0.2, 0) is 0 Å². The van der Waals surface area contributed by atoms with Crippen LogP contribution >= 0.6 is 0 Å². The van der Waals surface area contributed by atoms with Gasteiger partial charge in [0.05, 0.1) is 0 Å². The smallest absolute Gasteiger partial charge is 0.0329 e. The number of piperazine rings is 1. The lowest BCUT2D eigenvalue weighted by molar-refractivity contribution is 0.0506. The highest BCUT2D eigenvalue weighted by molar-refractivity contribution is 4.93. The third-order valence-electron chi connectivity index (χ3n) is 4.03. The minimum atomic E-state index is 0.450. The molecule has 1 N–H and O–H groups in total.